The molecule has 0 aliphatic carbocycles. The summed E-state index contributed by atoms with van der Waals surface area (Å²) in [6.07, 6.45) is 0. The Morgan fingerprint density at radius 3 is 2.70 bits per heavy atom. The molecule has 102 valence electrons. The second-order valence-corrected chi connectivity index (χ2v) is 4.50. The molecule has 0 atom stereocenters. The summed E-state index contributed by atoms with van der Waals surface area (Å²) in [5, 5.41) is 8.20. The zero-order valence-electron chi connectivity index (χ0n) is 10.6. The number of halogens is 1. The van der Waals surface area contributed by atoms with E-state index in [-0.39, 0.29) is 11.1 Å². The van der Waals surface area contributed by atoms with Gasteiger partial charge in [-0.1, -0.05) is 28.9 Å². The molecule has 1 aromatic carbocycles. The van der Waals surface area contributed by atoms with Gasteiger partial charge in [0.15, 0.2) is 16.3 Å². The molecule has 2 N–H and O–H groups in total. The number of nitrogen functional groups attached to an aromatic ring is 1. The second-order valence-electron chi connectivity index (χ2n) is 4.14. The lowest BCUT2D eigenvalue weighted by Crippen LogP contribution is -2.04. The molecule has 8 heteroatoms. The topological polar surface area (TPSA) is 91.7 Å². The molecule has 0 spiro atoms. The van der Waals surface area contributed by atoms with Gasteiger partial charge in [-0.05, 0) is 17.7 Å². The van der Waals surface area contributed by atoms with Crippen LogP contribution in [0.4, 0.5) is 5.95 Å². The molecular formula is C12H11ClN6O. The minimum atomic E-state index is 0.0979. The van der Waals surface area contributed by atoms with Crippen LogP contribution in [0.2, 0.25) is 5.15 Å². The largest absolute Gasteiger partial charge is 0.497 e. The third-order valence-corrected chi connectivity index (χ3v) is 3.09. The van der Waals surface area contributed by atoms with Crippen molar-refractivity contribution in [1.82, 2.24) is 25.0 Å². The first-order valence-corrected chi connectivity index (χ1v) is 6.20. The van der Waals surface area contributed by atoms with Crippen molar-refractivity contribution in [2.75, 3.05) is 12.8 Å². The SMILES string of the molecule is COc1ccc(Cn2nnc3c(Cl)nc(N)nc32)cc1. The Morgan fingerprint density at radius 2 is 2.00 bits per heavy atom. The van der Waals surface area contributed by atoms with Crippen molar-refractivity contribution in [2.45, 2.75) is 6.54 Å². The molecule has 0 aliphatic rings. The van der Waals surface area contributed by atoms with Crippen LogP contribution in [0.15, 0.2) is 24.3 Å². The van der Waals surface area contributed by atoms with Crippen molar-refractivity contribution in [3.8, 4) is 5.75 Å². The van der Waals surface area contributed by atoms with Gasteiger partial charge in [-0.25, -0.2) is 4.68 Å². The van der Waals surface area contributed by atoms with E-state index >= 15 is 0 Å². The van der Waals surface area contributed by atoms with Crippen LogP contribution < -0.4 is 10.5 Å². The summed E-state index contributed by atoms with van der Waals surface area (Å²) in [4.78, 5) is 7.97. The fraction of sp³-hybridized carbons (Fsp3) is 0.167. The molecule has 0 fully saturated rings. The smallest absolute Gasteiger partial charge is 0.223 e. The van der Waals surface area contributed by atoms with Crippen molar-refractivity contribution >= 4 is 28.7 Å². The number of nitrogens with two attached hydrogens (primary N) is 1. The summed E-state index contributed by atoms with van der Waals surface area (Å²) in [7, 11) is 1.63. The average Bonchev–Trinajstić information content (AvgIpc) is 2.83. The van der Waals surface area contributed by atoms with Crippen LogP contribution >= 0.6 is 11.6 Å². The quantitative estimate of drug-likeness (QED) is 0.735. The Bertz CT molecular complexity index is 754. The lowest BCUT2D eigenvalue weighted by Gasteiger charge is -2.04. The van der Waals surface area contributed by atoms with E-state index in [1.807, 2.05) is 24.3 Å². The number of nitrogens with zero attached hydrogens (tertiary/aromatic N) is 5. The van der Waals surface area contributed by atoms with Crippen molar-refractivity contribution in [2.24, 2.45) is 0 Å². The van der Waals surface area contributed by atoms with E-state index < -0.39 is 0 Å². The summed E-state index contributed by atoms with van der Waals surface area (Å²) in [5.41, 5.74) is 7.58. The van der Waals surface area contributed by atoms with Crippen LogP contribution in [0.5, 0.6) is 5.75 Å². The number of aromatic nitrogens is 5. The van der Waals surface area contributed by atoms with Crippen LogP contribution in [0, 0.1) is 0 Å². The third kappa shape index (κ3) is 2.23. The monoisotopic (exact) mass is 290 g/mol. The molecule has 2 aromatic heterocycles. The van der Waals surface area contributed by atoms with Gasteiger partial charge >= 0.3 is 0 Å². The molecule has 0 radical (unpaired) electrons. The number of ether oxygens (including phenoxy) is 1. The number of anilines is 1. The minimum absolute atomic E-state index is 0.0979. The van der Waals surface area contributed by atoms with Crippen LogP contribution in [0.1, 0.15) is 5.56 Å². The Balaban J connectivity index is 1.97. The molecule has 0 saturated heterocycles. The molecule has 0 bridgehead atoms. The van der Waals surface area contributed by atoms with Crippen molar-refractivity contribution in [3.05, 3.63) is 35.0 Å². The number of benzene rings is 1. The fourth-order valence-corrected chi connectivity index (χ4v) is 2.06. The lowest BCUT2D eigenvalue weighted by molar-refractivity contribution is 0.414. The van der Waals surface area contributed by atoms with Gasteiger partial charge in [0.2, 0.25) is 5.95 Å². The van der Waals surface area contributed by atoms with Gasteiger partial charge in [0.05, 0.1) is 13.7 Å². The Hall–Kier alpha value is -2.41. The maximum atomic E-state index is 5.95. The van der Waals surface area contributed by atoms with Crippen molar-refractivity contribution in [1.29, 1.82) is 0 Å². The molecule has 7 nitrogen and oxygen atoms in total. The molecule has 0 amide bonds. The molecule has 0 saturated carbocycles. The van der Waals surface area contributed by atoms with E-state index in [1.165, 1.54) is 0 Å². The Labute approximate surface area is 119 Å². The zero-order valence-corrected chi connectivity index (χ0v) is 11.4. The normalized spacial score (nSPS) is 10.9. The number of methoxy groups -OCH3 is 1. The molecule has 0 aliphatic heterocycles. The van der Waals surface area contributed by atoms with Crippen LogP contribution in [-0.4, -0.2) is 32.1 Å². The van der Waals surface area contributed by atoms with Crippen LogP contribution in [0.25, 0.3) is 11.2 Å². The van der Waals surface area contributed by atoms with Gasteiger partial charge < -0.3 is 10.5 Å². The van der Waals surface area contributed by atoms with Gasteiger partial charge in [0.25, 0.3) is 0 Å². The molecule has 3 aromatic rings. The Morgan fingerprint density at radius 1 is 1.25 bits per heavy atom. The summed E-state index contributed by atoms with van der Waals surface area (Å²) in [6, 6.07) is 7.65. The minimum Gasteiger partial charge on any atom is -0.497 e. The highest BCUT2D eigenvalue weighted by Crippen LogP contribution is 2.19. The zero-order chi connectivity index (χ0) is 14.1. The first-order valence-electron chi connectivity index (χ1n) is 5.82. The molecule has 2 heterocycles. The number of hydrogen-bond donors (Lipinski definition) is 1. The van der Waals surface area contributed by atoms with Gasteiger partial charge in [-0.2, -0.15) is 9.97 Å². The summed E-state index contributed by atoms with van der Waals surface area (Å²) in [6.45, 7) is 0.507. The first-order chi connectivity index (χ1) is 9.67. The molecule has 20 heavy (non-hydrogen) atoms. The van der Waals surface area contributed by atoms with Crippen molar-refractivity contribution in [3.63, 3.8) is 0 Å². The summed E-state index contributed by atoms with van der Waals surface area (Å²) >= 11 is 5.95. The van der Waals surface area contributed by atoms with Gasteiger partial charge in [-0.3, -0.25) is 0 Å². The van der Waals surface area contributed by atoms with E-state index in [0.29, 0.717) is 17.7 Å². The summed E-state index contributed by atoms with van der Waals surface area (Å²) in [5.74, 6) is 0.896. The van der Waals surface area contributed by atoms with Crippen LogP contribution in [0.3, 0.4) is 0 Å². The van der Waals surface area contributed by atoms with E-state index in [2.05, 4.69) is 20.3 Å². The maximum absolute atomic E-state index is 5.95. The highest BCUT2D eigenvalue weighted by molar-refractivity contribution is 6.33. The predicted molar refractivity (Wildman–Crippen MR) is 74.6 cm³/mol. The predicted octanol–water partition coefficient (Wildman–Crippen LogP) is 1.51. The third-order valence-electron chi connectivity index (χ3n) is 2.83. The van der Waals surface area contributed by atoms with E-state index in [1.54, 1.807) is 11.8 Å². The standard InChI is InChI=1S/C12H11ClN6O/c1-20-8-4-2-7(3-5-8)6-19-11-9(17-18-19)10(13)15-12(14)16-11/h2-5H,6H2,1H3,(H2,14,15,16). The summed E-state index contributed by atoms with van der Waals surface area (Å²) < 4.78 is 6.74. The van der Waals surface area contributed by atoms with Crippen LogP contribution in [-0.2, 0) is 6.54 Å². The maximum Gasteiger partial charge on any atom is 0.223 e. The van der Waals surface area contributed by atoms with E-state index in [9.17, 15) is 0 Å². The molecule has 0 unspecified atom stereocenters. The van der Waals surface area contributed by atoms with Gasteiger partial charge in [0.1, 0.15) is 5.75 Å². The highest BCUT2D eigenvalue weighted by atomic mass is 35.5. The average molecular weight is 291 g/mol. The number of fused-ring (bicyclic) bond motifs is 1. The van der Waals surface area contributed by atoms with Crippen molar-refractivity contribution < 1.29 is 4.74 Å². The second kappa shape index (κ2) is 4.93. The number of hydrogen-bond acceptors (Lipinski definition) is 6. The van der Waals surface area contributed by atoms with E-state index in [4.69, 9.17) is 22.1 Å². The first kappa shape index (κ1) is 12.6. The van der Waals surface area contributed by atoms with Gasteiger partial charge in [-0.15, -0.1) is 5.10 Å². The number of rotatable bonds is 3. The molecular weight excluding hydrogens is 280 g/mol. The fourth-order valence-electron chi connectivity index (χ4n) is 1.85. The Kier molecular flexibility index (Phi) is 3.11. The van der Waals surface area contributed by atoms with Gasteiger partial charge in [0, 0.05) is 0 Å². The highest BCUT2D eigenvalue weighted by Gasteiger charge is 2.12. The lowest BCUT2D eigenvalue weighted by atomic mass is 10.2. The van der Waals surface area contributed by atoms with E-state index in [0.717, 1.165) is 11.3 Å². The molecule has 3 rings (SSSR count).